The van der Waals surface area contributed by atoms with E-state index in [2.05, 4.69) is 15.6 Å². The van der Waals surface area contributed by atoms with Crippen molar-refractivity contribution in [3.8, 4) is 0 Å². The zero-order valence-corrected chi connectivity index (χ0v) is 10.8. The number of pyridine rings is 1. The number of rotatable bonds is 3. The summed E-state index contributed by atoms with van der Waals surface area (Å²) in [7, 11) is 0. The van der Waals surface area contributed by atoms with Crippen LogP contribution in [0, 0.1) is 17.0 Å². The van der Waals surface area contributed by atoms with Crippen molar-refractivity contribution in [3.05, 3.63) is 26.9 Å². The van der Waals surface area contributed by atoms with Crippen molar-refractivity contribution in [3.63, 3.8) is 0 Å². The number of nitrogens with one attached hydrogen (secondary N) is 2. The zero-order valence-electron chi connectivity index (χ0n) is 10.1. The second-order valence-electron chi connectivity index (χ2n) is 4.35. The minimum absolute atomic E-state index is 0.0656. The summed E-state index contributed by atoms with van der Waals surface area (Å²) in [5.74, 6) is 0.314. The lowest BCUT2D eigenvalue weighted by atomic mass is 10.1. The molecule has 0 aromatic carbocycles. The lowest BCUT2D eigenvalue weighted by Crippen LogP contribution is -2.35. The van der Waals surface area contributed by atoms with Crippen molar-refractivity contribution < 1.29 is 4.92 Å². The van der Waals surface area contributed by atoms with Crippen LogP contribution < -0.4 is 10.6 Å². The first-order valence-corrected chi connectivity index (χ1v) is 6.24. The second-order valence-corrected chi connectivity index (χ2v) is 4.76. The van der Waals surface area contributed by atoms with Gasteiger partial charge >= 0.3 is 5.69 Å². The van der Waals surface area contributed by atoms with Crippen molar-refractivity contribution in [2.45, 2.75) is 25.8 Å². The maximum atomic E-state index is 11.0. The first-order chi connectivity index (χ1) is 8.58. The van der Waals surface area contributed by atoms with Gasteiger partial charge in [0.2, 0.25) is 5.82 Å². The van der Waals surface area contributed by atoms with Gasteiger partial charge in [0.05, 0.1) is 15.6 Å². The van der Waals surface area contributed by atoms with E-state index in [1.165, 1.54) is 6.07 Å². The summed E-state index contributed by atoms with van der Waals surface area (Å²) in [6, 6.07) is 1.57. The van der Waals surface area contributed by atoms with E-state index in [9.17, 15) is 10.1 Å². The highest BCUT2D eigenvalue weighted by Crippen LogP contribution is 2.28. The highest BCUT2D eigenvalue weighted by Gasteiger charge is 2.21. The molecule has 0 amide bonds. The highest BCUT2D eigenvalue weighted by molar-refractivity contribution is 6.31. The van der Waals surface area contributed by atoms with Crippen LogP contribution in [0.25, 0.3) is 0 Å². The molecule has 18 heavy (non-hydrogen) atoms. The van der Waals surface area contributed by atoms with Gasteiger partial charge in [0.25, 0.3) is 0 Å². The molecule has 0 spiro atoms. The van der Waals surface area contributed by atoms with Gasteiger partial charge in [-0.1, -0.05) is 11.6 Å². The van der Waals surface area contributed by atoms with Crippen LogP contribution in [0.3, 0.4) is 0 Å². The van der Waals surface area contributed by atoms with Gasteiger partial charge in [0, 0.05) is 12.1 Å². The summed E-state index contributed by atoms with van der Waals surface area (Å²) in [6.45, 7) is 3.57. The van der Waals surface area contributed by atoms with Gasteiger partial charge in [-0.25, -0.2) is 4.98 Å². The van der Waals surface area contributed by atoms with E-state index < -0.39 is 4.92 Å². The van der Waals surface area contributed by atoms with Crippen LogP contribution in [0.4, 0.5) is 11.5 Å². The normalized spacial score (nSPS) is 16.6. The largest absolute Gasteiger partial charge is 0.362 e. The number of anilines is 1. The van der Waals surface area contributed by atoms with E-state index in [4.69, 9.17) is 11.6 Å². The summed E-state index contributed by atoms with van der Waals surface area (Å²) < 4.78 is 0. The number of nitrogens with zero attached hydrogens (tertiary/aromatic N) is 2. The van der Waals surface area contributed by atoms with Crippen LogP contribution in [0.1, 0.15) is 18.5 Å². The molecule has 1 saturated heterocycles. The number of halogens is 1. The van der Waals surface area contributed by atoms with Gasteiger partial charge in [-0.05, 0) is 32.9 Å². The molecule has 0 unspecified atom stereocenters. The molecule has 2 heterocycles. The number of hydrogen-bond acceptors (Lipinski definition) is 5. The van der Waals surface area contributed by atoms with Crippen molar-refractivity contribution in [2.24, 2.45) is 0 Å². The maximum Gasteiger partial charge on any atom is 0.312 e. The third kappa shape index (κ3) is 2.88. The van der Waals surface area contributed by atoms with Gasteiger partial charge < -0.3 is 10.6 Å². The molecule has 1 aromatic heterocycles. The van der Waals surface area contributed by atoms with Crippen molar-refractivity contribution in [1.29, 1.82) is 0 Å². The van der Waals surface area contributed by atoms with E-state index in [-0.39, 0.29) is 11.7 Å². The maximum absolute atomic E-state index is 11.0. The zero-order chi connectivity index (χ0) is 13.1. The van der Waals surface area contributed by atoms with Gasteiger partial charge in [-0.3, -0.25) is 10.1 Å². The van der Waals surface area contributed by atoms with Crippen LogP contribution in [-0.4, -0.2) is 29.0 Å². The van der Waals surface area contributed by atoms with Crippen LogP contribution in [0.15, 0.2) is 6.07 Å². The topological polar surface area (TPSA) is 80.1 Å². The SMILES string of the molecule is Cc1nc(NC2CCNCC2)c([N+](=O)[O-])cc1Cl. The van der Waals surface area contributed by atoms with Crippen molar-refractivity contribution >= 4 is 23.1 Å². The van der Waals surface area contributed by atoms with Crippen LogP contribution in [0.2, 0.25) is 5.02 Å². The fraction of sp³-hybridized carbons (Fsp3) is 0.545. The molecule has 6 nitrogen and oxygen atoms in total. The second kappa shape index (κ2) is 5.49. The molecule has 1 aliphatic heterocycles. The number of aromatic nitrogens is 1. The quantitative estimate of drug-likeness (QED) is 0.650. The Bertz CT molecular complexity index is 461. The Hall–Kier alpha value is -1.40. The lowest BCUT2D eigenvalue weighted by molar-refractivity contribution is -0.384. The molecule has 2 N–H and O–H groups in total. The third-order valence-electron chi connectivity index (χ3n) is 3.01. The smallest absolute Gasteiger partial charge is 0.312 e. The molecule has 2 rings (SSSR count). The van der Waals surface area contributed by atoms with Gasteiger partial charge in [0.15, 0.2) is 0 Å². The monoisotopic (exact) mass is 270 g/mol. The highest BCUT2D eigenvalue weighted by atomic mass is 35.5. The molecule has 0 radical (unpaired) electrons. The van der Waals surface area contributed by atoms with E-state index >= 15 is 0 Å². The Morgan fingerprint density at radius 1 is 1.56 bits per heavy atom. The molecule has 0 atom stereocenters. The Kier molecular flexibility index (Phi) is 3.98. The summed E-state index contributed by atoms with van der Waals surface area (Å²) in [5.41, 5.74) is 0.530. The average molecular weight is 271 g/mol. The van der Waals surface area contributed by atoms with E-state index in [1.54, 1.807) is 6.92 Å². The predicted octanol–water partition coefficient (Wildman–Crippen LogP) is 2.12. The number of aryl methyl sites for hydroxylation is 1. The van der Waals surface area contributed by atoms with E-state index in [0.29, 0.717) is 16.5 Å². The van der Waals surface area contributed by atoms with Gasteiger partial charge in [0.1, 0.15) is 0 Å². The molecule has 98 valence electrons. The molecule has 1 fully saturated rings. The van der Waals surface area contributed by atoms with Crippen molar-refractivity contribution in [2.75, 3.05) is 18.4 Å². The molecular formula is C11H15ClN4O2. The minimum atomic E-state index is -0.457. The summed E-state index contributed by atoms with van der Waals surface area (Å²) in [6.07, 6.45) is 1.86. The number of nitro groups is 1. The summed E-state index contributed by atoms with van der Waals surface area (Å²) in [4.78, 5) is 14.7. The number of piperidine rings is 1. The standard InChI is InChI=1S/C11H15ClN4O2/c1-7-9(12)6-10(16(17)18)11(14-7)15-8-2-4-13-5-3-8/h6,8,13H,2-5H2,1H3,(H,14,15). The average Bonchev–Trinajstić information content (AvgIpc) is 2.34. The molecule has 7 heteroatoms. The van der Waals surface area contributed by atoms with E-state index in [1.807, 2.05) is 0 Å². The fourth-order valence-corrected chi connectivity index (χ4v) is 2.12. The van der Waals surface area contributed by atoms with Gasteiger partial charge in [-0.15, -0.1) is 0 Å². The molecular weight excluding hydrogens is 256 g/mol. The lowest BCUT2D eigenvalue weighted by Gasteiger charge is -2.24. The Morgan fingerprint density at radius 3 is 2.83 bits per heavy atom. The van der Waals surface area contributed by atoms with Crippen LogP contribution in [-0.2, 0) is 0 Å². The van der Waals surface area contributed by atoms with Crippen LogP contribution >= 0.6 is 11.6 Å². The van der Waals surface area contributed by atoms with Crippen molar-refractivity contribution in [1.82, 2.24) is 10.3 Å². The fourth-order valence-electron chi connectivity index (χ4n) is 1.98. The molecule has 0 bridgehead atoms. The predicted molar refractivity (Wildman–Crippen MR) is 70.2 cm³/mol. The molecule has 1 aromatic rings. The summed E-state index contributed by atoms with van der Waals surface area (Å²) >= 11 is 5.87. The molecule has 0 saturated carbocycles. The Morgan fingerprint density at radius 2 is 2.22 bits per heavy atom. The van der Waals surface area contributed by atoms with E-state index in [0.717, 1.165) is 25.9 Å². The molecule has 0 aliphatic carbocycles. The summed E-state index contributed by atoms with van der Waals surface area (Å²) in [5, 5.41) is 17.7. The minimum Gasteiger partial charge on any atom is -0.362 e. The van der Waals surface area contributed by atoms with Crippen LogP contribution in [0.5, 0.6) is 0 Å². The van der Waals surface area contributed by atoms with Gasteiger partial charge in [-0.2, -0.15) is 0 Å². The number of hydrogen-bond donors (Lipinski definition) is 2. The Balaban J connectivity index is 2.24. The third-order valence-corrected chi connectivity index (χ3v) is 3.39. The molecule has 1 aliphatic rings. The first kappa shape index (κ1) is 13.0. The first-order valence-electron chi connectivity index (χ1n) is 5.86. The Labute approximate surface area is 110 Å².